The molecule has 22 heavy (non-hydrogen) atoms. The van der Waals surface area contributed by atoms with E-state index in [1.165, 1.54) is 42.6 Å². The second-order valence-electron chi connectivity index (χ2n) is 4.43. The first-order valence-electron chi connectivity index (χ1n) is 6.46. The minimum absolute atomic E-state index is 0.0415. The summed E-state index contributed by atoms with van der Waals surface area (Å²) >= 11 is 0. The van der Waals surface area contributed by atoms with Crippen LogP contribution in [-0.2, 0) is 0 Å². The van der Waals surface area contributed by atoms with Gasteiger partial charge in [0.2, 0.25) is 0 Å². The van der Waals surface area contributed by atoms with Crippen molar-refractivity contribution < 1.29 is 19.2 Å². The Hall–Kier alpha value is -2.74. The minimum atomic E-state index is -0.892. The van der Waals surface area contributed by atoms with Gasteiger partial charge in [-0.25, -0.2) is 9.37 Å². The number of nitro benzene ring substituents is 1. The highest BCUT2D eigenvalue weighted by molar-refractivity contribution is 5.36. The predicted octanol–water partition coefficient (Wildman–Crippen LogP) is 1.98. The monoisotopic (exact) mass is 307 g/mol. The number of aromatic nitrogens is 1. The number of aliphatic hydroxyl groups excluding tert-OH is 1. The molecule has 1 aromatic heterocycles. The zero-order chi connectivity index (χ0) is 15.9. The molecule has 0 unspecified atom stereocenters. The molecule has 1 heterocycles. The van der Waals surface area contributed by atoms with E-state index in [2.05, 4.69) is 10.3 Å². The molecule has 2 aromatic rings. The van der Waals surface area contributed by atoms with Crippen LogP contribution in [0, 0.1) is 15.9 Å². The van der Waals surface area contributed by atoms with Crippen molar-refractivity contribution in [2.45, 2.75) is 6.10 Å². The second-order valence-corrected chi connectivity index (χ2v) is 4.43. The molecule has 0 aliphatic heterocycles. The van der Waals surface area contributed by atoms with E-state index in [1.54, 1.807) is 0 Å². The van der Waals surface area contributed by atoms with Gasteiger partial charge in [-0.2, -0.15) is 0 Å². The average Bonchev–Trinajstić information content (AvgIpc) is 2.52. The van der Waals surface area contributed by atoms with E-state index in [0.29, 0.717) is 5.75 Å². The standard InChI is InChI=1S/C14H14FN3O4/c15-13-2-1-7-16-14(13)17-8-11(19)9-22-12-5-3-10(4-6-12)18(20)21/h1-7,11,19H,8-9H2,(H,16,17)/t11-/m1/s1. The van der Waals surface area contributed by atoms with Crippen molar-refractivity contribution in [3.05, 3.63) is 58.5 Å². The molecule has 0 fully saturated rings. The van der Waals surface area contributed by atoms with Crippen LogP contribution < -0.4 is 10.1 Å². The van der Waals surface area contributed by atoms with Crippen molar-refractivity contribution in [1.82, 2.24) is 4.98 Å². The molecule has 7 nitrogen and oxygen atoms in total. The van der Waals surface area contributed by atoms with Crippen molar-refractivity contribution in [3.63, 3.8) is 0 Å². The smallest absolute Gasteiger partial charge is 0.269 e. The number of aliphatic hydroxyl groups is 1. The van der Waals surface area contributed by atoms with Gasteiger partial charge in [-0.3, -0.25) is 10.1 Å². The molecule has 0 spiro atoms. The lowest BCUT2D eigenvalue weighted by molar-refractivity contribution is -0.384. The van der Waals surface area contributed by atoms with E-state index >= 15 is 0 Å². The van der Waals surface area contributed by atoms with Gasteiger partial charge in [0.25, 0.3) is 5.69 Å². The number of hydrogen-bond acceptors (Lipinski definition) is 6. The van der Waals surface area contributed by atoms with Crippen LogP contribution in [0.25, 0.3) is 0 Å². The predicted molar refractivity (Wildman–Crippen MR) is 77.3 cm³/mol. The van der Waals surface area contributed by atoms with Crippen molar-refractivity contribution in [1.29, 1.82) is 0 Å². The summed E-state index contributed by atoms with van der Waals surface area (Å²) in [5.41, 5.74) is -0.0415. The minimum Gasteiger partial charge on any atom is -0.491 e. The van der Waals surface area contributed by atoms with Gasteiger partial charge in [0.1, 0.15) is 18.5 Å². The van der Waals surface area contributed by atoms with Crippen molar-refractivity contribution in [2.75, 3.05) is 18.5 Å². The molecule has 0 bridgehead atoms. The molecule has 0 amide bonds. The largest absolute Gasteiger partial charge is 0.491 e. The van der Waals surface area contributed by atoms with Crippen LogP contribution in [0.3, 0.4) is 0 Å². The third kappa shape index (κ3) is 4.38. The number of nitro groups is 1. The van der Waals surface area contributed by atoms with Crippen molar-refractivity contribution in [2.24, 2.45) is 0 Å². The van der Waals surface area contributed by atoms with Crippen LogP contribution >= 0.6 is 0 Å². The van der Waals surface area contributed by atoms with E-state index in [-0.39, 0.29) is 24.7 Å². The van der Waals surface area contributed by atoms with E-state index < -0.39 is 16.8 Å². The molecule has 1 aromatic carbocycles. The number of benzene rings is 1. The molecule has 2 rings (SSSR count). The molecule has 0 radical (unpaired) electrons. The Kier molecular flexibility index (Phi) is 5.21. The van der Waals surface area contributed by atoms with E-state index in [1.807, 2.05) is 0 Å². The first kappa shape index (κ1) is 15.6. The molecular formula is C14H14FN3O4. The summed E-state index contributed by atoms with van der Waals surface area (Å²) in [5, 5.41) is 22.9. The molecular weight excluding hydrogens is 293 g/mol. The Bertz CT molecular complexity index is 636. The third-order valence-electron chi connectivity index (χ3n) is 2.75. The number of anilines is 1. The summed E-state index contributed by atoms with van der Waals surface area (Å²) in [4.78, 5) is 13.8. The number of ether oxygens (including phenoxy) is 1. The molecule has 8 heteroatoms. The molecule has 0 saturated carbocycles. The van der Waals surface area contributed by atoms with Gasteiger partial charge in [0.15, 0.2) is 11.6 Å². The first-order valence-corrected chi connectivity index (χ1v) is 6.46. The van der Waals surface area contributed by atoms with Gasteiger partial charge >= 0.3 is 0 Å². The first-order chi connectivity index (χ1) is 10.6. The highest BCUT2D eigenvalue weighted by atomic mass is 19.1. The van der Waals surface area contributed by atoms with Gasteiger partial charge < -0.3 is 15.2 Å². The Morgan fingerprint density at radius 2 is 2.09 bits per heavy atom. The third-order valence-corrected chi connectivity index (χ3v) is 2.75. The SMILES string of the molecule is O=[N+]([O-])c1ccc(OC[C@H](O)CNc2ncccc2F)cc1. The quantitative estimate of drug-likeness (QED) is 0.599. The number of non-ortho nitro benzene ring substituents is 1. The van der Waals surface area contributed by atoms with E-state index in [9.17, 15) is 19.6 Å². The van der Waals surface area contributed by atoms with Gasteiger partial charge in [0, 0.05) is 24.9 Å². The molecule has 0 saturated heterocycles. The normalized spacial score (nSPS) is 11.7. The fourth-order valence-corrected chi connectivity index (χ4v) is 1.65. The maximum Gasteiger partial charge on any atom is 0.269 e. The number of rotatable bonds is 7. The lowest BCUT2D eigenvalue weighted by atomic mass is 10.3. The number of pyridine rings is 1. The van der Waals surface area contributed by atoms with Gasteiger partial charge in [-0.05, 0) is 24.3 Å². The highest BCUT2D eigenvalue weighted by Gasteiger charge is 2.09. The average molecular weight is 307 g/mol. The lowest BCUT2D eigenvalue weighted by Crippen LogP contribution is -2.26. The summed E-state index contributed by atoms with van der Waals surface area (Å²) in [6, 6.07) is 8.23. The topological polar surface area (TPSA) is 97.5 Å². The van der Waals surface area contributed by atoms with E-state index in [4.69, 9.17) is 4.74 Å². The number of halogens is 1. The van der Waals surface area contributed by atoms with Crippen LogP contribution in [0.15, 0.2) is 42.6 Å². The van der Waals surface area contributed by atoms with Crippen molar-refractivity contribution in [3.8, 4) is 5.75 Å². The maximum absolute atomic E-state index is 13.3. The van der Waals surface area contributed by atoms with Crippen LogP contribution in [0.4, 0.5) is 15.9 Å². The lowest BCUT2D eigenvalue weighted by Gasteiger charge is -2.13. The zero-order valence-electron chi connectivity index (χ0n) is 11.5. The van der Waals surface area contributed by atoms with Crippen LogP contribution in [-0.4, -0.2) is 34.3 Å². The van der Waals surface area contributed by atoms with Crippen LogP contribution in [0.2, 0.25) is 0 Å². The highest BCUT2D eigenvalue weighted by Crippen LogP contribution is 2.17. The molecule has 0 aliphatic rings. The summed E-state index contributed by atoms with van der Waals surface area (Å²) in [6.45, 7) is 0.0141. The van der Waals surface area contributed by atoms with E-state index in [0.717, 1.165) is 0 Å². The Morgan fingerprint density at radius 1 is 1.36 bits per heavy atom. The molecule has 1 atom stereocenters. The van der Waals surface area contributed by atoms with Gasteiger partial charge in [0.05, 0.1) is 4.92 Å². The summed E-state index contributed by atoms with van der Waals surface area (Å²) in [5.74, 6) is -0.0588. The molecule has 116 valence electrons. The fourth-order valence-electron chi connectivity index (χ4n) is 1.65. The fraction of sp³-hybridized carbons (Fsp3) is 0.214. The van der Waals surface area contributed by atoms with Crippen molar-refractivity contribution >= 4 is 11.5 Å². The Morgan fingerprint density at radius 3 is 2.73 bits per heavy atom. The van der Waals surface area contributed by atoms with Crippen LogP contribution in [0.1, 0.15) is 0 Å². The summed E-state index contributed by atoms with van der Waals surface area (Å²) in [6.07, 6.45) is 0.544. The maximum atomic E-state index is 13.3. The van der Waals surface area contributed by atoms with Gasteiger partial charge in [-0.15, -0.1) is 0 Å². The zero-order valence-corrected chi connectivity index (χ0v) is 11.5. The number of nitrogens with one attached hydrogen (secondary N) is 1. The van der Waals surface area contributed by atoms with Crippen LogP contribution in [0.5, 0.6) is 5.75 Å². The summed E-state index contributed by atoms with van der Waals surface area (Å²) < 4.78 is 18.6. The number of nitrogens with zero attached hydrogens (tertiary/aromatic N) is 2. The number of hydrogen-bond donors (Lipinski definition) is 2. The second kappa shape index (κ2) is 7.32. The Balaban J connectivity index is 1.79. The summed E-state index contributed by atoms with van der Waals surface area (Å²) in [7, 11) is 0. The molecule has 2 N–H and O–H groups in total. The molecule has 0 aliphatic carbocycles. The van der Waals surface area contributed by atoms with Gasteiger partial charge in [-0.1, -0.05) is 0 Å². The Labute approximate surface area is 125 Å².